The fourth-order valence-corrected chi connectivity index (χ4v) is 4.64. The maximum Gasteiger partial charge on any atom is 0.417 e. The highest BCUT2D eigenvalue weighted by Crippen LogP contribution is 2.39. The zero-order chi connectivity index (χ0) is 28.3. The Bertz CT molecular complexity index is 1320. The lowest BCUT2D eigenvalue weighted by atomic mass is 10.0. The first-order chi connectivity index (χ1) is 17.8. The molecule has 3 rings (SSSR count). The number of aldehydes is 1. The molecule has 0 unspecified atom stereocenters. The van der Waals surface area contributed by atoms with E-state index in [2.05, 4.69) is 5.32 Å². The van der Waals surface area contributed by atoms with E-state index in [-0.39, 0.29) is 22.1 Å². The number of benzene rings is 2. The number of hydrogen-bond acceptors (Lipinski definition) is 5. The molecule has 0 aromatic heterocycles. The minimum atomic E-state index is -4.84. The quantitative estimate of drug-likeness (QED) is 0.202. The molecule has 1 aliphatic heterocycles. The summed E-state index contributed by atoms with van der Waals surface area (Å²) in [6, 6.07) is 7.97. The molecule has 0 radical (unpaired) electrons. The van der Waals surface area contributed by atoms with Gasteiger partial charge in [0.15, 0.2) is 5.11 Å². The Hall–Kier alpha value is -3.85. The van der Waals surface area contributed by atoms with Crippen molar-refractivity contribution < 1.29 is 31.9 Å². The van der Waals surface area contributed by atoms with Crippen molar-refractivity contribution in [2.75, 3.05) is 16.3 Å². The number of carbonyl (C=O) groups excluding carboxylic acids is 3. The third-order valence-electron chi connectivity index (χ3n) is 6.10. The lowest BCUT2D eigenvalue weighted by Crippen LogP contribution is -2.44. The molecule has 2 amide bonds. The van der Waals surface area contributed by atoms with Crippen LogP contribution in [0, 0.1) is 17.1 Å². The summed E-state index contributed by atoms with van der Waals surface area (Å²) in [5.74, 6) is -2.16. The average molecular weight is 549 g/mol. The van der Waals surface area contributed by atoms with Gasteiger partial charge < -0.3 is 15.0 Å². The summed E-state index contributed by atoms with van der Waals surface area (Å²) in [6.45, 7) is 3.27. The first-order valence-corrected chi connectivity index (χ1v) is 12.1. The number of amides is 2. The largest absolute Gasteiger partial charge is 0.417 e. The van der Waals surface area contributed by atoms with Crippen molar-refractivity contribution in [2.24, 2.45) is 0 Å². The van der Waals surface area contributed by atoms with Gasteiger partial charge in [-0.15, -0.1) is 0 Å². The molecule has 0 bridgehead atoms. The van der Waals surface area contributed by atoms with E-state index < -0.39 is 40.5 Å². The van der Waals surface area contributed by atoms with Crippen LogP contribution in [0.5, 0.6) is 0 Å². The third-order valence-corrected chi connectivity index (χ3v) is 6.46. The van der Waals surface area contributed by atoms with Crippen molar-refractivity contribution >= 4 is 46.8 Å². The van der Waals surface area contributed by atoms with E-state index in [1.165, 1.54) is 43.0 Å². The second-order valence-corrected chi connectivity index (χ2v) is 9.46. The fourth-order valence-electron chi connectivity index (χ4n) is 4.11. The highest BCUT2D eigenvalue weighted by molar-refractivity contribution is 7.81. The molecule has 1 saturated heterocycles. The van der Waals surface area contributed by atoms with Gasteiger partial charge in [-0.1, -0.05) is 6.42 Å². The van der Waals surface area contributed by atoms with Crippen LogP contribution in [0.1, 0.15) is 61.0 Å². The summed E-state index contributed by atoms with van der Waals surface area (Å²) in [5.41, 5.74) is -3.51. The first-order valence-electron chi connectivity index (χ1n) is 11.7. The molecule has 38 heavy (non-hydrogen) atoms. The number of nitriles is 1. The van der Waals surface area contributed by atoms with E-state index >= 15 is 0 Å². The van der Waals surface area contributed by atoms with Crippen molar-refractivity contribution in [2.45, 2.75) is 51.2 Å². The van der Waals surface area contributed by atoms with E-state index in [0.717, 1.165) is 29.7 Å². The number of nitrogens with one attached hydrogen (secondary N) is 1. The van der Waals surface area contributed by atoms with Crippen molar-refractivity contribution in [3.05, 3.63) is 58.9 Å². The number of nitrogens with zero attached hydrogens (tertiary/aromatic N) is 3. The molecule has 2 aromatic carbocycles. The summed E-state index contributed by atoms with van der Waals surface area (Å²) in [5, 5.41) is 11.5. The smallest absolute Gasteiger partial charge is 0.352 e. The van der Waals surface area contributed by atoms with Crippen LogP contribution in [0.4, 0.5) is 28.9 Å². The Balaban J connectivity index is 1.86. The lowest BCUT2D eigenvalue weighted by molar-refractivity contribution is -0.137. The highest BCUT2D eigenvalue weighted by Gasteiger charge is 2.51. The molecular formula is C26H24F4N4O3S. The third kappa shape index (κ3) is 5.67. The number of anilines is 2. The number of unbranched alkanes of at least 4 members (excludes halogenated alkanes) is 3. The number of hydrogen-bond donors (Lipinski definition) is 1. The van der Waals surface area contributed by atoms with Crippen molar-refractivity contribution in [1.82, 2.24) is 5.32 Å². The zero-order valence-corrected chi connectivity index (χ0v) is 21.4. The van der Waals surface area contributed by atoms with Crippen molar-refractivity contribution in [3.63, 3.8) is 0 Å². The summed E-state index contributed by atoms with van der Waals surface area (Å²) in [4.78, 5) is 38.2. The van der Waals surface area contributed by atoms with Crippen LogP contribution in [0.15, 0.2) is 36.4 Å². The Morgan fingerprint density at radius 3 is 2.42 bits per heavy atom. The van der Waals surface area contributed by atoms with Crippen molar-refractivity contribution in [1.29, 1.82) is 5.26 Å². The van der Waals surface area contributed by atoms with Gasteiger partial charge in [-0.3, -0.25) is 14.5 Å². The Labute approximate surface area is 222 Å². The molecule has 0 saturated carbocycles. The molecule has 1 aliphatic rings. The second kappa shape index (κ2) is 11.3. The molecule has 0 atom stereocenters. The maximum atomic E-state index is 15.0. The van der Waals surface area contributed by atoms with Crippen LogP contribution < -0.4 is 15.1 Å². The minimum absolute atomic E-state index is 0.128. The summed E-state index contributed by atoms with van der Waals surface area (Å²) in [7, 11) is 0. The van der Waals surface area contributed by atoms with E-state index in [4.69, 9.17) is 17.5 Å². The number of thiocarbonyl (C=S) groups is 1. The van der Waals surface area contributed by atoms with Gasteiger partial charge in [0.25, 0.3) is 11.8 Å². The van der Waals surface area contributed by atoms with Gasteiger partial charge in [-0.2, -0.15) is 18.4 Å². The predicted molar refractivity (Wildman–Crippen MR) is 136 cm³/mol. The number of alkyl halides is 3. The maximum absolute atomic E-state index is 15.0. The Kier molecular flexibility index (Phi) is 8.51. The molecule has 0 aliphatic carbocycles. The molecule has 7 nitrogen and oxygen atoms in total. The zero-order valence-electron chi connectivity index (χ0n) is 20.6. The standard InChI is InChI=1S/C26H24F4N4O3S/c1-25(2)23(37)33(17-8-7-16(15-31)20(13-17)26(28,29)30)24(38)34(25)18-9-10-19(21(27)14-18)22(36)32-11-5-3-4-6-12-35/h7-10,12-14H,3-6,11H2,1-2H3,(H,32,36). The fraction of sp³-hybridized carbons (Fsp3) is 0.346. The van der Waals surface area contributed by atoms with Gasteiger partial charge >= 0.3 is 6.18 Å². The first kappa shape index (κ1) is 28.7. The van der Waals surface area contributed by atoms with E-state index in [1.54, 1.807) is 0 Å². The van der Waals surface area contributed by atoms with Gasteiger partial charge in [-0.05, 0) is 75.3 Å². The second-order valence-electron chi connectivity index (χ2n) is 9.09. The highest BCUT2D eigenvalue weighted by atomic mass is 32.1. The van der Waals surface area contributed by atoms with E-state index in [0.29, 0.717) is 31.9 Å². The van der Waals surface area contributed by atoms with Crippen LogP contribution in [0.3, 0.4) is 0 Å². The van der Waals surface area contributed by atoms with Gasteiger partial charge in [0, 0.05) is 18.7 Å². The summed E-state index contributed by atoms with van der Waals surface area (Å²) in [6.07, 6.45) is -1.53. The topological polar surface area (TPSA) is 93.5 Å². The molecule has 200 valence electrons. The molecule has 2 aromatic rings. The average Bonchev–Trinajstić information content (AvgIpc) is 3.03. The number of rotatable bonds is 9. The molecule has 12 heteroatoms. The van der Waals surface area contributed by atoms with Crippen LogP contribution in [0.2, 0.25) is 0 Å². The Morgan fingerprint density at radius 2 is 1.82 bits per heavy atom. The van der Waals surface area contributed by atoms with E-state index in [1.807, 2.05) is 0 Å². The van der Waals surface area contributed by atoms with Crippen LogP contribution in [-0.2, 0) is 15.8 Å². The molecule has 1 fully saturated rings. The van der Waals surface area contributed by atoms with Gasteiger partial charge in [0.05, 0.1) is 28.4 Å². The van der Waals surface area contributed by atoms with Crippen LogP contribution >= 0.6 is 12.2 Å². The number of carbonyl (C=O) groups is 3. The monoisotopic (exact) mass is 548 g/mol. The van der Waals surface area contributed by atoms with Crippen LogP contribution in [0.25, 0.3) is 0 Å². The normalized spacial score (nSPS) is 15.0. The lowest BCUT2D eigenvalue weighted by Gasteiger charge is -2.29. The van der Waals surface area contributed by atoms with Crippen molar-refractivity contribution in [3.8, 4) is 6.07 Å². The summed E-state index contributed by atoms with van der Waals surface area (Å²) >= 11 is 5.44. The van der Waals surface area contributed by atoms with Gasteiger partial charge in [0.1, 0.15) is 17.6 Å². The van der Waals surface area contributed by atoms with Crippen LogP contribution in [-0.4, -0.2) is 35.3 Å². The Morgan fingerprint density at radius 1 is 1.13 bits per heavy atom. The summed E-state index contributed by atoms with van der Waals surface area (Å²) < 4.78 is 55.5. The molecular weight excluding hydrogens is 524 g/mol. The minimum Gasteiger partial charge on any atom is -0.352 e. The number of halogens is 4. The molecule has 1 N–H and O–H groups in total. The predicted octanol–water partition coefficient (Wildman–Crippen LogP) is 5.12. The molecule has 1 heterocycles. The SMILES string of the molecule is CC1(C)C(=O)N(c2ccc(C#N)c(C(F)(F)F)c2)C(=S)N1c1ccc(C(=O)NCCCCCC=O)c(F)c1. The van der Waals surface area contributed by atoms with Gasteiger partial charge in [0.2, 0.25) is 0 Å². The van der Waals surface area contributed by atoms with E-state index in [9.17, 15) is 31.9 Å². The molecule has 0 spiro atoms. The van der Waals surface area contributed by atoms with Gasteiger partial charge in [-0.25, -0.2) is 4.39 Å².